The van der Waals surface area contributed by atoms with Crippen molar-refractivity contribution < 1.29 is 19.1 Å². The number of carbonyl (C=O) groups is 3. The number of rotatable bonds is 5. The zero-order chi connectivity index (χ0) is 20.5. The molecule has 0 atom stereocenters. The number of carbonyl (C=O) groups excluding carboxylic acids is 3. The van der Waals surface area contributed by atoms with E-state index in [-0.39, 0.29) is 0 Å². The molecule has 0 saturated carbocycles. The van der Waals surface area contributed by atoms with E-state index in [0.717, 1.165) is 19.6 Å². The van der Waals surface area contributed by atoms with Crippen LogP contribution in [-0.2, 0) is 16.1 Å². The third-order valence-electron chi connectivity index (χ3n) is 4.56. The Bertz CT molecular complexity index is 1180. The van der Waals surface area contributed by atoms with Crippen molar-refractivity contribution in [2.45, 2.75) is 6.54 Å². The predicted molar refractivity (Wildman–Crippen MR) is 112 cm³/mol. The molecule has 148 valence electrons. The van der Waals surface area contributed by atoms with Gasteiger partial charge >= 0.3 is 0 Å². The summed E-state index contributed by atoms with van der Waals surface area (Å²) in [5.74, 6) is -1.50. The number of hydrogen-bond acceptors (Lipinski definition) is 5. The van der Waals surface area contributed by atoms with Crippen molar-refractivity contribution in [3.05, 3.63) is 62.9 Å². The van der Waals surface area contributed by atoms with E-state index in [1.807, 2.05) is 22.8 Å². The molecular formula is C20H16BrN3O4S. The fraction of sp³-hybridized carbons (Fsp3) is 0.200. The number of imide groups is 1. The molecular weight excluding hydrogens is 458 g/mol. The molecule has 0 radical (unpaired) electrons. The van der Waals surface area contributed by atoms with Crippen molar-refractivity contribution in [2.75, 3.05) is 20.3 Å². The molecule has 29 heavy (non-hydrogen) atoms. The molecule has 0 N–H and O–H groups in total. The Kier molecular flexibility index (Phi) is 5.44. The number of hydrogen-bond donors (Lipinski definition) is 0. The van der Waals surface area contributed by atoms with Gasteiger partial charge in [-0.3, -0.25) is 19.3 Å². The lowest BCUT2D eigenvalue weighted by molar-refractivity contribution is -0.118. The van der Waals surface area contributed by atoms with Crippen LogP contribution in [0.3, 0.4) is 0 Å². The van der Waals surface area contributed by atoms with Crippen LogP contribution in [0.1, 0.15) is 20.7 Å². The molecule has 1 aliphatic heterocycles. The Labute approximate surface area is 178 Å². The summed E-state index contributed by atoms with van der Waals surface area (Å²) in [6.07, 6.45) is 0. The zero-order valence-electron chi connectivity index (χ0n) is 15.4. The van der Waals surface area contributed by atoms with Crippen molar-refractivity contribution in [3.8, 4) is 0 Å². The molecule has 2 aromatic carbocycles. The summed E-state index contributed by atoms with van der Waals surface area (Å²) in [4.78, 5) is 43.2. The van der Waals surface area contributed by atoms with E-state index in [2.05, 4.69) is 20.9 Å². The zero-order valence-corrected chi connectivity index (χ0v) is 17.8. The number of nitrogens with zero attached hydrogens (tertiary/aromatic N) is 3. The van der Waals surface area contributed by atoms with Gasteiger partial charge in [0.25, 0.3) is 17.7 Å². The average Bonchev–Trinajstić information content (AvgIpc) is 3.16. The molecule has 0 fully saturated rings. The fourth-order valence-corrected chi connectivity index (χ4v) is 4.82. The molecule has 4 rings (SSSR count). The number of amides is 3. The smallest absolute Gasteiger partial charge is 0.268 e. The van der Waals surface area contributed by atoms with Gasteiger partial charge in [0.15, 0.2) is 4.80 Å². The van der Waals surface area contributed by atoms with Crippen LogP contribution < -0.4 is 4.80 Å². The average molecular weight is 474 g/mol. The molecule has 0 unspecified atom stereocenters. The van der Waals surface area contributed by atoms with E-state index in [4.69, 9.17) is 4.74 Å². The van der Waals surface area contributed by atoms with Gasteiger partial charge in [-0.2, -0.15) is 4.99 Å². The second-order valence-corrected chi connectivity index (χ2v) is 8.31. The highest BCUT2D eigenvalue weighted by atomic mass is 79.9. The maximum atomic E-state index is 12.6. The quantitative estimate of drug-likeness (QED) is 0.533. The highest BCUT2D eigenvalue weighted by Gasteiger charge is 2.36. The molecule has 9 heteroatoms. The van der Waals surface area contributed by atoms with Crippen LogP contribution in [0.4, 0.5) is 0 Å². The van der Waals surface area contributed by atoms with Crippen LogP contribution in [0.5, 0.6) is 0 Å². The molecule has 0 bridgehead atoms. The minimum atomic E-state index is -0.559. The van der Waals surface area contributed by atoms with Gasteiger partial charge in [0.05, 0.1) is 28.0 Å². The van der Waals surface area contributed by atoms with Crippen molar-refractivity contribution >= 4 is 55.2 Å². The number of benzene rings is 2. The summed E-state index contributed by atoms with van der Waals surface area (Å²) in [5, 5.41) is 0. The first-order chi connectivity index (χ1) is 14.0. The monoisotopic (exact) mass is 473 g/mol. The molecule has 1 aliphatic rings. The standard InChI is InChI=1S/C20H16BrN3O4S/c1-28-9-8-23-15-7-6-12(21)10-16(15)29-20(23)22-17(25)11-24-18(26)13-4-2-3-5-14(13)19(24)27/h2-7,10H,8-9,11H2,1H3. The van der Waals surface area contributed by atoms with Gasteiger partial charge in [-0.25, -0.2) is 0 Å². The fourth-order valence-electron chi connectivity index (χ4n) is 3.19. The van der Waals surface area contributed by atoms with E-state index >= 15 is 0 Å². The van der Waals surface area contributed by atoms with E-state index < -0.39 is 24.3 Å². The van der Waals surface area contributed by atoms with Gasteiger partial charge in [0.1, 0.15) is 6.54 Å². The number of halogens is 1. The SMILES string of the molecule is COCCn1c(=NC(=O)CN2C(=O)c3ccccc3C2=O)sc2cc(Br)ccc21. The van der Waals surface area contributed by atoms with Gasteiger partial charge < -0.3 is 9.30 Å². The first-order valence-electron chi connectivity index (χ1n) is 8.80. The van der Waals surface area contributed by atoms with E-state index in [0.29, 0.717) is 29.1 Å². The molecule has 0 spiro atoms. The minimum absolute atomic E-state index is 0.312. The summed E-state index contributed by atoms with van der Waals surface area (Å²) in [6, 6.07) is 12.4. The molecule has 0 saturated heterocycles. The Hall–Kier alpha value is -2.62. The summed E-state index contributed by atoms with van der Waals surface area (Å²) in [6.45, 7) is 0.591. The molecule has 3 amide bonds. The number of methoxy groups -OCH3 is 1. The molecule has 3 aromatic rings. The summed E-state index contributed by atoms with van der Waals surface area (Å²) >= 11 is 4.81. The van der Waals surface area contributed by atoms with E-state index in [1.54, 1.807) is 31.4 Å². The van der Waals surface area contributed by atoms with Crippen LogP contribution >= 0.6 is 27.3 Å². The van der Waals surface area contributed by atoms with Crippen LogP contribution in [-0.4, -0.2) is 47.4 Å². The molecule has 2 heterocycles. The van der Waals surface area contributed by atoms with Crippen LogP contribution in [0, 0.1) is 0 Å². The number of aromatic nitrogens is 1. The number of thiazole rings is 1. The number of fused-ring (bicyclic) bond motifs is 2. The van der Waals surface area contributed by atoms with Crippen molar-refractivity contribution in [1.29, 1.82) is 0 Å². The third kappa shape index (κ3) is 3.68. The Balaban J connectivity index is 1.66. The van der Waals surface area contributed by atoms with Gasteiger partial charge in [-0.15, -0.1) is 0 Å². The normalized spacial score (nSPS) is 14.1. The maximum Gasteiger partial charge on any atom is 0.268 e. The summed E-state index contributed by atoms with van der Waals surface area (Å²) in [5.41, 5.74) is 1.56. The molecule has 0 aliphatic carbocycles. The second-order valence-electron chi connectivity index (χ2n) is 6.39. The van der Waals surface area contributed by atoms with Gasteiger partial charge in [0, 0.05) is 18.1 Å². The van der Waals surface area contributed by atoms with Crippen LogP contribution in [0.2, 0.25) is 0 Å². The van der Waals surface area contributed by atoms with Crippen molar-refractivity contribution in [3.63, 3.8) is 0 Å². The highest BCUT2D eigenvalue weighted by molar-refractivity contribution is 9.10. The summed E-state index contributed by atoms with van der Waals surface area (Å²) in [7, 11) is 1.61. The van der Waals surface area contributed by atoms with Crippen molar-refractivity contribution in [2.24, 2.45) is 4.99 Å². The van der Waals surface area contributed by atoms with Crippen molar-refractivity contribution in [1.82, 2.24) is 9.47 Å². The third-order valence-corrected chi connectivity index (χ3v) is 6.09. The van der Waals surface area contributed by atoms with Crippen LogP contribution in [0.15, 0.2) is 51.9 Å². The first-order valence-corrected chi connectivity index (χ1v) is 10.4. The molecule has 1 aromatic heterocycles. The lowest BCUT2D eigenvalue weighted by Gasteiger charge is -2.10. The van der Waals surface area contributed by atoms with E-state index in [1.165, 1.54) is 11.3 Å². The topological polar surface area (TPSA) is 81.0 Å². The minimum Gasteiger partial charge on any atom is -0.383 e. The number of ether oxygens (including phenoxy) is 1. The predicted octanol–water partition coefficient (Wildman–Crippen LogP) is 2.84. The van der Waals surface area contributed by atoms with Gasteiger partial charge in [0.2, 0.25) is 0 Å². The first kappa shape index (κ1) is 19.7. The largest absolute Gasteiger partial charge is 0.383 e. The lowest BCUT2D eigenvalue weighted by atomic mass is 10.1. The summed E-state index contributed by atoms with van der Waals surface area (Å²) < 4.78 is 8.95. The Morgan fingerprint density at radius 3 is 2.48 bits per heavy atom. The second kappa shape index (κ2) is 8.02. The Morgan fingerprint density at radius 1 is 1.14 bits per heavy atom. The Morgan fingerprint density at radius 2 is 1.83 bits per heavy atom. The van der Waals surface area contributed by atoms with Gasteiger partial charge in [-0.1, -0.05) is 39.4 Å². The highest BCUT2D eigenvalue weighted by Crippen LogP contribution is 2.23. The van der Waals surface area contributed by atoms with Gasteiger partial charge in [-0.05, 0) is 30.3 Å². The van der Waals surface area contributed by atoms with E-state index in [9.17, 15) is 14.4 Å². The maximum absolute atomic E-state index is 12.6. The van der Waals surface area contributed by atoms with Crippen LogP contribution in [0.25, 0.3) is 10.2 Å². The molecule has 7 nitrogen and oxygen atoms in total. The lowest BCUT2D eigenvalue weighted by Crippen LogP contribution is -2.35.